The summed E-state index contributed by atoms with van der Waals surface area (Å²) in [5, 5.41) is 5.39. The van der Waals surface area contributed by atoms with Gasteiger partial charge in [-0.2, -0.15) is 0 Å². The minimum atomic E-state index is -0.288. The van der Waals surface area contributed by atoms with Gasteiger partial charge in [0.2, 0.25) is 0 Å². The standard InChI is InChI=1S/C11H13FN2O/c12-10-4-2-1-3-8(10)7-13-11(15)14-9-5-6-9/h1-4,9H,5-7H2,(H2,13,14,15). The van der Waals surface area contributed by atoms with E-state index in [4.69, 9.17) is 0 Å². The number of benzene rings is 1. The van der Waals surface area contributed by atoms with Crippen molar-refractivity contribution in [1.82, 2.24) is 10.6 Å². The molecule has 2 N–H and O–H groups in total. The number of hydrogen-bond donors (Lipinski definition) is 2. The summed E-state index contributed by atoms with van der Waals surface area (Å²) in [6.45, 7) is 0.227. The van der Waals surface area contributed by atoms with Gasteiger partial charge in [0.25, 0.3) is 0 Å². The summed E-state index contributed by atoms with van der Waals surface area (Å²) in [7, 11) is 0. The van der Waals surface area contributed by atoms with E-state index >= 15 is 0 Å². The normalized spacial score (nSPS) is 14.7. The number of amides is 2. The van der Waals surface area contributed by atoms with E-state index in [-0.39, 0.29) is 18.4 Å². The molecule has 2 amide bonds. The van der Waals surface area contributed by atoms with E-state index in [0.29, 0.717) is 11.6 Å². The fraction of sp³-hybridized carbons (Fsp3) is 0.364. The monoisotopic (exact) mass is 208 g/mol. The molecule has 4 heteroatoms. The van der Waals surface area contributed by atoms with Gasteiger partial charge in [0.15, 0.2) is 0 Å². The molecule has 15 heavy (non-hydrogen) atoms. The highest BCUT2D eigenvalue weighted by Crippen LogP contribution is 2.18. The molecule has 2 rings (SSSR count). The van der Waals surface area contributed by atoms with E-state index in [1.54, 1.807) is 18.2 Å². The lowest BCUT2D eigenvalue weighted by atomic mass is 10.2. The Kier molecular flexibility index (Phi) is 2.85. The maximum atomic E-state index is 13.1. The molecule has 1 aromatic carbocycles. The molecule has 1 fully saturated rings. The highest BCUT2D eigenvalue weighted by atomic mass is 19.1. The second kappa shape index (κ2) is 4.29. The number of carbonyl (C=O) groups is 1. The number of nitrogens with one attached hydrogen (secondary N) is 2. The summed E-state index contributed by atoms with van der Waals surface area (Å²) >= 11 is 0. The molecule has 0 atom stereocenters. The predicted octanol–water partition coefficient (Wildman–Crippen LogP) is 1.79. The van der Waals surface area contributed by atoms with Crippen LogP contribution < -0.4 is 10.6 Å². The van der Waals surface area contributed by atoms with Crippen molar-refractivity contribution in [1.29, 1.82) is 0 Å². The van der Waals surface area contributed by atoms with Gasteiger partial charge in [0.05, 0.1) is 0 Å². The van der Waals surface area contributed by atoms with Crippen molar-refractivity contribution in [3.05, 3.63) is 35.6 Å². The van der Waals surface area contributed by atoms with Crippen molar-refractivity contribution in [2.45, 2.75) is 25.4 Å². The molecule has 0 saturated heterocycles. The van der Waals surface area contributed by atoms with Crippen LogP contribution in [0.5, 0.6) is 0 Å². The Balaban J connectivity index is 1.81. The molecular formula is C11H13FN2O. The van der Waals surface area contributed by atoms with Gasteiger partial charge in [0, 0.05) is 18.2 Å². The third kappa shape index (κ3) is 2.94. The van der Waals surface area contributed by atoms with Gasteiger partial charge in [0.1, 0.15) is 5.82 Å². The van der Waals surface area contributed by atoms with Gasteiger partial charge in [-0.3, -0.25) is 0 Å². The number of halogens is 1. The van der Waals surface area contributed by atoms with Crippen LogP contribution >= 0.6 is 0 Å². The highest BCUT2D eigenvalue weighted by Gasteiger charge is 2.22. The number of hydrogen-bond acceptors (Lipinski definition) is 1. The van der Waals surface area contributed by atoms with Gasteiger partial charge in [-0.1, -0.05) is 18.2 Å². The molecule has 0 bridgehead atoms. The van der Waals surface area contributed by atoms with Crippen molar-refractivity contribution in [3.8, 4) is 0 Å². The van der Waals surface area contributed by atoms with Crippen LogP contribution in [-0.4, -0.2) is 12.1 Å². The average molecular weight is 208 g/mol. The molecule has 0 unspecified atom stereocenters. The van der Waals surface area contributed by atoms with Crippen LogP contribution in [0, 0.1) is 5.82 Å². The lowest BCUT2D eigenvalue weighted by Crippen LogP contribution is -2.36. The fourth-order valence-electron chi connectivity index (χ4n) is 1.28. The van der Waals surface area contributed by atoms with Crippen LogP contribution in [0.15, 0.2) is 24.3 Å². The van der Waals surface area contributed by atoms with Gasteiger partial charge in [-0.15, -0.1) is 0 Å². The Morgan fingerprint density at radius 1 is 1.40 bits per heavy atom. The average Bonchev–Trinajstić information content (AvgIpc) is 3.00. The van der Waals surface area contributed by atoms with Crippen LogP contribution in [-0.2, 0) is 6.54 Å². The molecule has 0 heterocycles. The topological polar surface area (TPSA) is 41.1 Å². The Morgan fingerprint density at radius 3 is 2.80 bits per heavy atom. The summed E-state index contributed by atoms with van der Waals surface area (Å²) in [5.74, 6) is -0.288. The van der Waals surface area contributed by atoms with Gasteiger partial charge < -0.3 is 10.6 Å². The van der Waals surface area contributed by atoms with Crippen molar-refractivity contribution < 1.29 is 9.18 Å². The van der Waals surface area contributed by atoms with Crippen LogP contribution in [0.3, 0.4) is 0 Å². The number of rotatable bonds is 3. The molecule has 3 nitrogen and oxygen atoms in total. The van der Waals surface area contributed by atoms with Gasteiger partial charge >= 0.3 is 6.03 Å². The predicted molar refractivity (Wildman–Crippen MR) is 54.8 cm³/mol. The van der Waals surface area contributed by atoms with E-state index < -0.39 is 0 Å². The molecule has 1 aliphatic rings. The zero-order valence-electron chi connectivity index (χ0n) is 8.29. The fourth-order valence-corrected chi connectivity index (χ4v) is 1.28. The van der Waals surface area contributed by atoms with Crippen molar-refractivity contribution in [3.63, 3.8) is 0 Å². The van der Waals surface area contributed by atoms with E-state index in [9.17, 15) is 9.18 Å². The zero-order valence-corrected chi connectivity index (χ0v) is 8.29. The molecule has 80 valence electrons. The first-order valence-corrected chi connectivity index (χ1v) is 5.03. The maximum absolute atomic E-state index is 13.1. The third-order valence-corrected chi connectivity index (χ3v) is 2.31. The first-order chi connectivity index (χ1) is 7.25. The summed E-state index contributed by atoms with van der Waals surface area (Å²) in [6, 6.07) is 6.52. The van der Waals surface area contributed by atoms with Crippen LogP contribution in [0.1, 0.15) is 18.4 Å². The minimum absolute atomic E-state index is 0.222. The molecule has 1 saturated carbocycles. The SMILES string of the molecule is O=C(NCc1ccccc1F)NC1CC1. The van der Waals surface area contributed by atoms with Crippen molar-refractivity contribution >= 4 is 6.03 Å². The molecule has 0 spiro atoms. The third-order valence-electron chi connectivity index (χ3n) is 2.31. The lowest BCUT2D eigenvalue weighted by Gasteiger charge is -2.06. The summed E-state index contributed by atoms with van der Waals surface area (Å²) in [6.07, 6.45) is 2.10. The van der Waals surface area contributed by atoms with Crippen molar-refractivity contribution in [2.24, 2.45) is 0 Å². The Labute approximate surface area is 87.7 Å². The van der Waals surface area contributed by atoms with Crippen LogP contribution in [0.2, 0.25) is 0 Å². The smallest absolute Gasteiger partial charge is 0.315 e. The van der Waals surface area contributed by atoms with Gasteiger partial charge in [-0.25, -0.2) is 9.18 Å². The largest absolute Gasteiger partial charge is 0.335 e. The lowest BCUT2D eigenvalue weighted by molar-refractivity contribution is 0.240. The van der Waals surface area contributed by atoms with Crippen LogP contribution in [0.25, 0.3) is 0 Å². The van der Waals surface area contributed by atoms with Crippen molar-refractivity contribution in [2.75, 3.05) is 0 Å². The minimum Gasteiger partial charge on any atom is -0.335 e. The molecule has 0 radical (unpaired) electrons. The summed E-state index contributed by atoms with van der Waals surface area (Å²) in [5.41, 5.74) is 0.503. The van der Waals surface area contributed by atoms with E-state index in [1.807, 2.05) is 0 Å². The quantitative estimate of drug-likeness (QED) is 0.781. The second-order valence-corrected chi connectivity index (χ2v) is 3.69. The first kappa shape index (κ1) is 9.96. The maximum Gasteiger partial charge on any atom is 0.315 e. The Hall–Kier alpha value is -1.58. The first-order valence-electron chi connectivity index (χ1n) is 5.03. The molecular weight excluding hydrogens is 195 g/mol. The highest BCUT2D eigenvalue weighted by molar-refractivity contribution is 5.74. The number of urea groups is 1. The number of carbonyl (C=O) groups excluding carboxylic acids is 1. The van der Waals surface area contributed by atoms with Gasteiger partial charge in [-0.05, 0) is 18.9 Å². The summed E-state index contributed by atoms with van der Waals surface area (Å²) < 4.78 is 13.1. The summed E-state index contributed by atoms with van der Waals surface area (Å²) in [4.78, 5) is 11.2. The molecule has 0 aliphatic heterocycles. The Morgan fingerprint density at radius 2 is 2.13 bits per heavy atom. The zero-order chi connectivity index (χ0) is 10.7. The van der Waals surface area contributed by atoms with E-state index in [0.717, 1.165) is 12.8 Å². The van der Waals surface area contributed by atoms with E-state index in [1.165, 1.54) is 6.07 Å². The molecule has 0 aromatic heterocycles. The second-order valence-electron chi connectivity index (χ2n) is 3.69. The molecule has 1 aliphatic carbocycles. The Bertz CT molecular complexity index is 363. The molecule has 1 aromatic rings. The van der Waals surface area contributed by atoms with Crippen LogP contribution in [0.4, 0.5) is 9.18 Å². The van der Waals surface area contributed by atoms with E-state index in [2.05, 4.69) is 10.6 Å².